The van der Waals surface area contributed by atoms with Gasteiger partial charge in [-0.15, -0.1) is 0 Å². The number of hydrogen-bond donors (Lipinski definition) is 0. The standard InChI is InChI=1S/C15H19ClFNO2/c1-18(8-2-4-12-5-3-9-20-12)15(19)13-10-11(17)6-7-14(13)16/h6-7,10,12H,2-5,8-9H2,1H3/t12-/m0/s1. The van der Waals surface area contributed by atoms with Crippen molar-refractivity contribution in [3.05, 3.63) is 34.6 Å². The van der Waals surface area contributed by atoms with E-state index >= 15 is 0 Å². The molecule has 0 spiro atoms. The number of rotatable bonds is 5. The molecule has 0 aromatic heterocycles. The monoisotopic (exact) mass is 299 g/mol. The van der Waals surface area contributed by atoms with Crippen LogP contribution in [-0.4, -0.2) is 37.1 Å². The molecule has 1 heterocycles. The fraction of sp³-hybridized carbons (Fsp3) is 0.533. The third-order valence-electron chi connectivity index (χ3n) is 3.55. The summed E-state index contributed by atoms with van der Waals surface area (Å²) >= 11 is 5.94. The van der Waals surface area contributed by atoms with E-state index in [1.165, 1.54) is 18.2 Å². The van der Waals surface area contributed by atoms with Crippen LogP contribution in [0.5, 0.6) is 0 Å². The minimum Gasteiger partial charge on any atom is -0.378 e. The zero-order valence-electron chi connectivity index (χ0n) is 11.6. The Morgan fingerprint density at radius 3 is 3.05 bits per heavy atom. The lowest BCUT2D eigenvalue weighted by atomic mass is 10.1. The van der Waals surface area contributed by atoms with Gasteiger partial charge in [0.1, 0.15) is 5.82 Å². The molecular weight excluding hydrogens is 281 g/mol. The van der Waals surface area contributed by atoms with Gasteiger partial charge in [-0.05, 0) is 43.9 Å². The number of ether oxygens (including phenoxy) is 1. The van der Waals surface area contributed by atoms with E-state index in [2.05, 4.69) is 0 Å². The minimum atomic E-state index is -0.453. The van der Waals surface area contributed by atoms with E-state index in [0.29, 0.717) is 12.6 Å². The Balaban J connectivity index is 1.86. The van der Waals surface area contributed by atoms with Crippen molar-refractivity contribution in [1.29, 1.82) is 0 Å². The quantitative estimate of drug-likeness (QED) is 0.832. The number of carbonyl (C=O) groups excluding carboxylic acids is 1. The highest BCUT2D eigenvalue weighted by molar-refractivity contribution is 6.33. The first kappa shape index (κ1) is 15.3. The lowest BCUT2D eigenvalue weighted by Gasteiger charge is -2.19. The Hall–Kier alpha value is -1.13. The lowest BCUT2D eigenvalue weighted by Crippen LogP contribution is -2.28. The molecule has 20 heavy (non-hydrogen) atoms. The maximum atomic E-state index is 13.2. The summed E-state index contributed by atoms with van der Waals surface area (Å²) in [7, 11) is 1.71. The molecule has 1 aliphatic rings. The normalized spacial score (nSPS) is 18.2. The largest absolute Gasteiger partial charge is 0.378 e. The van der Waals surface area contributed by atoms with Crippen LogP contribution in [0.4, 0.5) is 4.39 Å². The Labute approximate surface area is 123 Å². The van der Waals surface area contributed by atoms with Crippen molar-refractivity contribution < 1.29 is 13.9 Å². The predicted octanol–water partition coefficient (Wildman–Crippen LogP) is 3.51. The van der Waals surface area contributed by atoms with Gasteiger partial charge in [-0.3, -0.25) is 4.79 Å². The smallest absolute Gasteiger partial charge is 0.255 e. The van der Waals surface area contributed by atoms with Crippen molar-refractivity contribution >= 4 is 17.5 Å². The number of hydrogen-bond acceptors (Lipinski definition) is 2. The van der Waals surface area contributed by atoms with Crippen molar-refractivity contribution in [3.63, 3.8) is 0 Å². The van der Waals surface area contributed by atoms with E-state index < -0.39 is 5.82 Å². The van der Waals surface area contributed by atoms with Crippen molar-refractivity contribution in [3.8, 4) is 0 Å². The van der Waals surface area contributed by atoms with Crippen molar-refractivity contribution in [2.45, 2.75) is 31.8 Å². The van der Waals surface area contributed by atoms with Crippen LogP contribution in [-0.2, 0) is 4.74 Å². The summed E-state index contributed by atoms with van der Waals surface area (Å²) in [5, 5.41) is 0.280. The molecule has 110 valence electrons. The Bertz CT molecular complexity index is 475. The molecule has 0 unspecified atom stereocenters. The molecule has 3 nitrogen and oxygen atoms in total. The minimum absolute atomic E-state index is 0.214. The average molecular weight is 300 g/mol. The van der Waals surface area contributed by atoms with Crippen LogP contribution in [0.3, 0.4) is 0 Å². The molecule has 1 atom stereocenters. The van der Waals surface area contributed by atoms with E-state index in [4.69, 9.17) is 16.3 Å². The molecule has 1 aromatic rings. The van der Waals surface area contributed by atoms with Gasteiger partial charge >= 0.3 is 0 Å². The van der Waals surface area contributed by atoms with Crippen LogP contribution in [0.1, 0.15) is 36.0 Å². The third kappa shape index (κ3) is 3.93. The van der Waals surface area contributed by atoms with Gasteiger partial charge in [-0.25, -0.2) is 4.39 Å². The van der Waals surface area contributed by atoms with Crippen molar-refractivity contribution in [1.82, 2.24) is 4.90 Å². The molecule has 2 rings (SSSR count). The number of carbonyl (C=O) groups is 1. The van der Waals surface area contributed by atoms with Gasteiger partial charge in [0.2, 0.25) is 0 Å². The maximum absolute atomic E-state index is 13.2. The van der Waals surface area contributed by atoms with Gasteiger partial charge in [0.15, 0.2) is 0 Å². The van der Waals surface area contributed by atoms with Gasteiger partial charge in [0.05, 0.1) is 16.7 Å². The first-order valence-corrected chi connectivity index (χ1v) is 7.28. The van der Waals surface area contributed by atoms with Crippen LogP contribution < -0.4 is 0 Å². The van der Waals surface area contributed by atoms with Crippen LogP contribution in [0.2, 0.25) is 5.02 Å². The lowest BCUT2D eigenvalue weighted by molar-refractivity contribution is 0.0763. The second-order valence-corrected chi connectivity index (χ2v) is 5.54. The van der Waals surface area contributed by atoms with Gasteiger partial charge < -0.3 is 9.64 Å². The topological polar surface area (TPSA) is 29.5 Å². The van der Waals surface area contributed by atoms with Gasteiger partial charge in [0.25, 0.3) is 5.91 Å². The number of amides is 1. The number of halogens is 2. The van der Waals surface area contributed by atoms with Crippen molar-refractivity contribution in [2.75, 3.05) is 20.2 Å². The number of benzene rings is 1. The fourth-order valence-electron chi connectivity index (χ4n) is 2.40. The van der Waals surface area contributed by atoms with Gasteiger partial charge in [0, 0.05) is 20.2 Å². The van der Waals surface area contributed by atoms with Crippen LogP contribution in [0.25, 0.3) is 0 Å². The summed E-state index contributed by atoms with van der Waals surface area (Å²) in [6.45, 7) is 1.46. The van der Waals surface area contributed by atoms with E-state index in [0.717, 1.165) is 32.3 Å². The Morgan fingerprint density at radius 1 is 1.55 bits per heavy atom. The zero-order valence-corrected chi connectivity index (χ0v) is 12.3. The molecular formula is C15H19ClFNO2. The molecule has 0 aliphatic carbocycles. The molecule has 0 radical (unpaired) electrons. The summed E-state index contributed by atoms with van der Waals surface area (Å²) in [6, 6.07) is 3.84. The molecule has 0 bridgehead atoms. The average Bonchev–Trinajstić information content (AvgIpc) is 2.94. The van der Waals surface area contributed by atoms with E-state index in [-0.39, 0.29) is 16.5 Å². The molecule has 0 saturated carbocycles. The van der Waals surface area contributed by atoms with Crippen LogP contribution >= 0.6 is 11.6 Å². The summed E-state index contributed by atoms with van der Waals surface area (Å²) in [4.78, 5) is 13.8. The predicted molar refractivity (Wildman–Crippen MR) is 76.6 cm³/mol. The van der Waals surface area contributed by atoms with E-state index in [1.807, 2.05) is 0 Å². The molecule has 1 saturated heterocycles. The maximum Gasteiger partial charge on any atom is 0.255 e. The zero-order chi connectivity index (χ0) is 14.5. The third-order valence-corrected chi connectivity index (χ3v) is 3.88. The highest BCUT2D eigenvalue weighted by Crippen LogP contribution is 2.20. The van der Waals surface area contributed by atoms with Crippen molar-refractivity contribution in [2.24, 2.45) is 0 Å². The second kappa shape index (κ2) is 7.04. The highest BCUT2D eigenvalue weighted by atomic mass is 35.5. The summed E-state index contributed by atoms with van der Waals surface area (Å²) in [6.07, 6.45) is 4.39. The Morgan fingerprint density at radius 2 is 2.35 bits per heavy atom. The molecule has 1 amide bonds. The van der Waals surface area contributed by atoms with E-state index in [9.17, 15) is 9.18 Å². The molecule has 5 heteroatoms. The summed E-state index contributed by atoms with van der Waals surface area (Å²) in [5.74, 6) is -0.702. The first-order valence-electron chi connectivity index (χ1n) is 6.90. The SMILES string of the molecule is CN(CCC[C@H]1CCCO1)C(=O)c1cc(F)ccc1Cl. The molecule has 0 N–H and O–H groups in total. The highest BCUT2D eigenvalue weighted by Gasteiger charge is 2.18. The summed E-state index contributed by atoms with van der Waals surface area (Å²) < 4.78 is 18.7. The van der Waals surface area contributed by atoms with Crippen LogP contribution in [0, 0.1) is 5.82 Å². The van der Waals surface area contributed by atoms with E-state index in [1.54, 1.807) is 11.9 Å². The second-order valence-electron chi connectivity index (χ2n) is 5.13. The molecule has 1 aliphatic heterocycles. The first-order chi connectivity index (χ1) is 9.58. The number of nitrogens with zero attached hydrogens (tertiary/aromatic N) is 1. The molecule has 1 aromatic carbocycles. The fourth-order valence-corrected chi connectivity index (χ4v) is 2.60. The van der Waals surface area contributed by atoms with Crippen LogP contribution in [0.15, 0.2) is 18.2 Å². The molecule has 1 fully saturated rings. The Kier molecular flexibility index (Phi) is 5.38. The van der Waals surface area contributed by atoms with Gasteiger partial charge in [-0.1, -0.05) is 11.6 Å². The van der Waals surface area contributed by atoms with Gasteiger partial charge in [-0.2, -0.15) is 0 Å². The summed E-state index contributed by atoms with van der Waals surface area (Å²) in [5.41, 5.74) is 0.214.